The van der Waals surface area contributed by atoms with Crippen LogP contribution < -0.4 is 0 Å². The van der Waals surface area contributed by atoms with E-state index in [9.17, 15) is 10.1 Å². The molecule has 0 atom stereocenters. The molecule has 0 aliphatic rings. The van der Waals surface area contributed by atoms with Gasteiger partial charge in [-0.25, -0.2) is 0 Å². The largest absolute Gasteiger partial charge is 0.410 e. The van der Waals surface area contributed by atoms with Gasteiger partial charge >= 0.3 is 0 Å². The van der Waals surface area contributed by atoms with Gasteiger partial charge in [0.25, 0.3) is 5.69 Å². The Morgan fingerprint density at radius 1 is 1.50 bits per heavy atom. The molecule has 5 nitrogen and oxygen atoms in total. The van der Waals surface area contributed by atoms with Crippen molar-refractivity contribution in [2.24, 2.45) is 5.16 Å². The van der Waals surface area contributed by atoms with Crippen LogP contribution in [0.25, 0.3) is 0 Å². The van der Waals surface area contributed by atoms with E-state index in [2.05, 4.69) is 5.16 Å². The molecule has 1 rings (SSSR count). The molecule has 0 saturated carbocycles. The fraction of sp³-hybridized carbons (Fsp3) is 0.125. The first-order valence-electron chi connectivity index (χ1n) is 3.73. The van der Waals surface area contributed by atoms with Crippen molar-refractivity contribution in [3.05, 3.63) is 39.9 Å². The minimum atomic E-state index is -0.481. The van der Waals surface area contributed by atoms with Gasteiger partial charge < -0.3 is 5.21 Å². The van der Waals surface area contributed by atoms with Gasteiger partial charge in [-0.2, -0.15) is 0 Å². The Labute approximate surface area is 84.8 Å². The highest BCUT2D eigenvalue weighted by Gasteiger charge is 2.04. The van der Waals surface area contributed by atoms with Crippen LogP contribution in [-0.4, -0.2) is 15.3 Å². The molecule has 0 aliphatic carbocycles. The average Bonchev–Trinajstić information content (AvgIpc) is 2.18. The molecule has 14 heavy (non-hydrogen) atoms. The van der Waals surface area contributed by atoms with Gasteiger partial charge in [-0.1, -0.05) is 28.9 Å². The molecule has 6 heteroatoms. The number of nitro groups is 1. The lowest BCUT2D eigenvalue weighted by atomic mass is 10.1. The van der Waals surface area contributed by atoms with Crippen LogP contribution in [0.2, 0.25) is 0 Å². The third-order valence-corrected chi connectivity index (χ3v) is 1.81. The van der Waals surface area contributed by atoms with Crippen molar-refractivity contribution >= 4 is 22.5 Å². The second-order valence-corrected chi connectivity index (χ2v) is 3.01. The molecule has 0 spiro atoms. The number of oxime groups is 1. The molecule has 0 radical (unpaired) electrons. The summed E-state index contributed by atoms with van der Waals surface area (Å²) in [6.07, 6.45) is 0.260. The number of hydrogen-bond acceptors (Lipinski definition) is 4. The first-order chi connectivity index (χ1) is 6.63. The van der Waals surface area contributed by atoms with E-state index < -0.39 is 4.92 Å². The zero-order valence-corrected chi connectivity index (χ0v) is 7.81. The van der Waals surface area contributed by atoms with Crippen LogP contribution in [0.5, 0.6) is 0 Å². The summed E-state index contributed by atoms with van der Waals surface area (Å²) in [7, 11) is 0. The first kappa shape index (κ1) is 10.5. The molecule has 0 bridgehead atoms. The average molecular weight is 215 g/mol. The summed E-state index contributed by atoms with van der Waals surface area (Å²) >= 11 is 5.47. The van der Waals surface area contributed by atoms with Gasteiger partial charge in [-0.05, 0) is 5.56 Å². The van der Waals surface area contributed by atoms with E-state index in [1.165, 1.54) is 12.1 Å². The Morgan fingerprint density at radius 3 is 2.50 bits per heavy atom. The first-order valence-corrected chi connectivity index (χ1v) is 4.11. The van der Waals surface area contributed by atoms with Crippen LogP contribution in [0.3, 0.4) is 0 Å². The normalized spacial score (nSPS) is 11.4. The van der Waals surface area contributed by atoms with Gasteiger partial charge in [-0.15, -0.1) is 0 Å². The minimum Gasteiger partial charge on any atom is -0.410 e. The minimum absolute atomic E-state index is 0.0193. The number of nitro benzene ring substituents is 1. The van der Waals surface area contributed by atoms with Crippen LogP contribution >= 0.6 is 11.6 Å². The second-order valence-electron chi connectivity index (χ2n) is 2.58. The summed E-state index contributed by atoms with van der Waals surface area (Å²) < 4.78 is 0. The van der Waals surface area contributed by atoms with Crippen LogP contribution in [0.4, 0.5) is 5.69 Å². The molecule has 0 heterocycles. The van der Waals surface area contributed by atoms with Crippen LogP contribution in [0, 0.1) is 10.1 Å². The third-order valence-electron chi connectivity index (χ3n) is 1.61. The van der Waals surface area contributed by atoms with Gasteiger partial charge in [0.2, 0.25) is 0 Å². The Balaban J connectivity index is 2.79. The quantitative estimate of drug-likeness (QED) is 0.363. The molecular weight excluding hydrogens is 208 g/mol. The molecular formula is C8H7ClN2O3. The maximum atomic E-state index is 10.3. The molecule has 0 amide bonds. The van der Waals surface area contributed by atoms with E-state index in [1.54, 1.807) is 12.1 Å². The molecule has 1 N–H and O–H groups in total. The second kappa shape index (κ2) is 4.57. The molecule has 0 fully saturated rings. The molecule has 1 aromatic carbocycles. The molecule has 74 valence electrons. The Morgan fingerprint density at radius 2 is 2.07 bits per heavy atom. The van der Waals surface area contributed by atoms with Crippen molar-refractivity contribution < 1.29 is 10.1 Å². The SMILES string of the molecule is O=[N+]([O-])c1ccc(C/C(Cl)=N\O)cc1. The fourth-order valence-corrected chi connectivity index (χ4v) is 1.09. The predicted octanol–water partition coefficient (Wildman–Crippen LogP) is 2.16. The summed E-state index contributed by atoms with van der Waals surface area (Å²) in [6, 6.07) is 5.87. The van der Waals surface area contributed by atoms with E-state index >= 15 is 0 Å². The lowest BCUT2D eigenvalue weighted by Gasteiger charge is -1.97. The van der Waals surface area contributed by atoms with Gasteiger partial charge in [0.15, 0.2) is 0 Å². The highest BCUT2D eigenvalue weighted by atomic mass is 35.5. The smallest absolute Gasteiger partial charge is 0.269 e. The zero-order chi connectivity index (χ0) is 10.6. The van der Waals surface area contributed by atoms with Crippen LogP contribution in [0.15, 0.2) is 29.4 Å². The lowest BCUT2D eigenvalue weighted by molar-refractivity contribution is -0.384. The zero-order valence-electron chi connectivity index (χ0n) is 7.05. The molecule has 0 unspecified atom stereocenters. The maximum Gasteiger partial charge on any atom is 0.269 e. The third kappa shape index (κ3) is 2.70. The molecule has 0 aromatic heterocycles. The Hall–Kier alpha value is -1.62. The van der Waals surface area contributed by atoms with Gasteiger partial charge in [0.05, 0.1) is 4.92 Å². The summed E-state index contributed by atoms with van der Waals surface area (Å²) in [4.78, 5) is 9.83. The number of nitrogens with zero attached hydrogens (tertiary/aromatic N) is 2. The van der Waals surface area contributed by atoms with Crippen molar-refractivity contribution in [1.29, 1.82) is 0 Å². The number of hydrogen-bond donors (Lipinski definition) is 1. The molecule has 0 saturated heterocycles. The summed E-state index contributed by atoms with van der Waals surface area (Å²) in [5.74, 6) is 0. The highest BCUT2D eigenvalue weighted by Crippen LogP contribution is 2.12. The monoisotopic (exact) mass is 214 g/mol. The lowest BCUT2D eigenvalue weighted by Crippen LogP contribution is -1.95. The van der Waals surface area contributed by atoms with E-state index in [1.807, 2.05) is 0 Å². The van der Waals surface area contributed by atoms with Gasteiger partial charge in [0.1, 0.15) is 5.17 Å². The topological polar surface area (TPSA) is 75.7 Å². The number of rotatable bonds is 3. The van der Waals surface area contributed by atoms with Crippen LogP contribution in [-0.2, 0) is 6.42 Å². The summed E-state index contributed by atoms with van der Waals surface area (Å²) in [5.41, 5.74) is 0.768. The standard InChI is InChI=1S/C8H7ClN2O3/c9-8(10-12)5-6-1-3-7(4-2-6)11(13)14/h1-4,12H,5H2/b10-8+. The number of halogens is 1. The summed E-state index contributed by atoms with van der Waals surface area (Å²) in [6.45, 7) is 0. The van der Waals surface area contributed by atoms with Crippen molar-refractivity contribution in [2.45, 2.75) is 6.42 Å². The van der Waals surface area contributed by atoms with Gasteiger partial charge in [-0.3, -0.25) is 10.1 Å². The van der Waals surface area contributed by atoms with Crippen molar-refractivity contribution in [3.8, 4) is 0 Å². The Kier molecular flexibility index (Phi) is 3.41. The van der Waals surface area contributed by atoms with Crippen molar-refractivity contribution in [1.82, 2.24) is 0 Å². The number of non-ortho nitro benzene ring substituents is 1. The van der Waals surface area contributed by atoms with E-state index in [-0.39, 0.29) is 17.3 Å². The van der Waals surface area contributed by atoms with E-state index in [0.29, 0.717) is 0 Å². The molecule has 1 aromatic rings. The van der Waals surface area contributed by atoms with Gasteiger partial charge in [0, 0.05) is 18.6 Å². The Bertz CT molecular complexity index is 361. The van der Waals surface area contributed by atoms with E-state index in [0.717, 1.165) is 5.56 Å². The van der Waals surface area contributed by atoms with Crippen LogP contribution in [0.1, 0.15) is 5.56 Å². The number of benzene rings is 1. The van der Waals surface area contributed by atoms with Crippen molar-refractivity contribution in [3.63, 3.8) is 0 Å². The van der Waals surface area contributed by atoms with E-state index in [4.69, 9.17) is 16.8 Å². The molecule has 0 aliphatic heterocycles. The maximum absolute atomic E-state index is 10.3. The fourth-order valence-electron chi connectivity index (χ4n) is 0.939. The highest BCUT2D eigenvalue weighted by molar-refractivity contribution is 6.65. The summed E-state index contributed by atoms with van der Waals surface area (Å²) in [5, 5.41) is 21.4. The van der Waals surface area contributed by atoms with Crippen molar-refractivity contribution in [2.75, 3.05) is 0 Å². The predicted molar refractivity (Wildman–Crippen MR) is 51.9 cm³/mol.